The van der Waals surface area contributed by atoms with Gasteiger partial charge in [0.2, 0.25) is 0 Å². The monoisotopic (exact) mass is 101 g/mol. The average Bonchev–Trinajstić information content (AvgIpc) is 1.69. The first-order valence-electron chi connectivity index (χ1n) is 2.45. The number of nitrogens with one attached hydrogen (secondary N) is 1. The molecule has 7 heavy (non-hydrogen) atoms. The first-order valence-corrected chi connectivity index (χ1v) is 2.45. The molecule has 0 heterocycles. The van der Waals surface area contributed by atoms with Gasteiger partial charge in [0.15, 0.2) is 0 Å². The van der Waals surface area contributed by atoms with Crippen molar-refractivity contribution in [2.45, 2.75) is 12.8 Å². The maximum atomic E-state index is 6.37. The van der Waals surface area contributed by atoms with Crippen LogP contribution < -0.4 is 5.73 Å². The Morgan fingerprint density at radius 3 is 2.57 bits per heavy atom. The van der Waals surface area contributed by atoms with Crippen molar-refractivity contribution in [3.05, 3.63) is 0 Å². The number of nitrogens with two attached hydrogens (primary N) is 1. The zero-order valence-corrected chi connectivity index (χ0v) is 4.35. The lowest BCUT2D eigenvalue weighted by atomic mass is 10.3. The van der Waals surface area contributed by atoms with E-state index in [2.05, 4.69) is 5.11 Å². The summed E-state index contributed by atoms with van der Waals surface area (Å²) in [6.07, 6.45) is 1.95. The summed E-state index contributed by atoms with van der Waals surface area (Å²) in [4.78, 5) is 0. The van der Waals surface area contributed by atoms with Crippen LogP contribution in [0.4, 0.5) is 0 Å². The van der Waals surface area contributed by atoms with E-state index in [9.17, 15) is 0 Å². The van der Waals surface area contributed by atoms with Crippen LogP contribution in [0.3, 0.4) is 0 Å². The summed E-state index contributed by atoms with van der Waals surface area (Å²) in [5, 5.41) is 3.17. The predicted molar refractivity (Wildman–Crippen MR) is 28.3 cm³/mol. The van der Waals surface area contributed by atoms with Crippen LogP contribution in [0.1, 0.15) is 12.8 Å². The Labute approximate surface area is 43.4 Å². The molecule has 0 aromatic heterocycles. The Hall–Kier alpha value is -0.440. The summed E-state index contributed by atoms with van der Waals surface area (Å²) in [5.41, 5.74) is 11.5. The number of unbranched alkanes of at least 4 members (excludes halogenated alkanes) is 1. The quantitative estimate of drug-likeness (QED) is 0.398. The predicted octanol–water partition coefficient (Wildman–Crippen LogP) is 0.756. The summed E-state index contributed by atoms with van der Waals surface area (Å²) in [5.74, 6) is 0. The molecule has 0 rings (SSSR count). The largest absolute Gasteiger partial charge is 0.330 e. The van der Waals surface area contributed by atoms with E-state index < -0.39 is 0 Å². The Morgan fingerprint density at radius 2 is 2.14 bits per heavy atom. The second-order valence-electron chi connectivity index (χ2n) is 1.38. The van der Waals surface area contributed by atoms with Gasteiger partial charge in [0.1, 0.15) is 0 Å². The molecule has 0 unspecified atom stereocenters. The molecule has 0 aliphatic carbocycles. The van der Waals surface area contributed by atoms with Crippen molar-refractivity contribution in [3.63, 3.8) is 0 Å². The molecule has 0 fully saturated rings. The zero-order chi connectivity index (χ0) is 5.54. The van der Waals surface area contributed by atoms with E-state index in [4.69, 9.17) is 11.3 Å². The number of hydrogen-bond donors (Lipinski definition) is 2. The lowest BCUT2D eigenvalue weighted by Gasteiger charge is -1.87. The average molecular weight is 101 g/mol. The molecule has 0 amide bonds. The van der Waals surface area contributed by atoms with Gasteiger partial charge in [-0.2, -0.15) is 5.11 Å². The highest BCUT2D eigenvalue weighted by Crippen LogP contribution is 1.83. The Morgan fingerprint density at radius 1 is 1.43 bits per heavy atom. The molecule has 42 valence electrons. The minimum atomic E-state index is 0.636. The molecule has 0 saturated carbocycles. The number of nitrogens with zero attached hydrogens (tertiary/aromatic N) is 1. The molecule has 0 radical (unpaired) electrons. The van der Waals surface area contributed by atoms with Crippen LogP contribution in [0, 0.1) is 5.53 Å². The van der Waals surface area contributed by atoms with Gasteiger partial charge >= 0.3 is 0 Å². The minimum absolute atomic E-state index is 0.636. The Kier molecular flexibility index (Phi) is 5.21. The van der Waals surface area contributed by atoms with E-state index in [1.165, 1.54) is 0 Å². The van der Waals surface area contributed by atoms with Crippen molar-refractivity contribution in [1.82, 2.24) is 0 Å². The van der Waals surface area contributed by atoms with E-state index in [1.54, 1.807) is 0 Å². The van der Waals surface area contributed by atoms with Crippen molar-refractivity contribution in [1.29, 1.82) is 5.53 Å². The van der Waals surface area contributed by atoms with E-state index in [0.717, 1.165) is 19.4 Å². The van der Waals surface area contributed by atoms with Gasteiger partial charge < -0.3 is 5.73 Å². The van der Waals surface area contributed by atoms with Crippen LogP contribution in [-0.2, 0) is 0 Å². The molecule has 0 aromatic carbocycles. The SMILES string of the molecule is N=NCCCCN. The second-order valence-corrected chi connectivity index (χ2v) is 1.38. The van der Waals surface area contributed by atoms with Crippen LogP contribution in [0.2, 0.25) is 0 Å². The molecule has 0 aliphatic rings. The number of hydrogen-bond acceptors (Lipinski definition) is 3. The standard InChI is InChI=1S/C4H11N3/c5-3-1-2-4-7-6/h6H,1-5H2. The van der Waals surface area contributed by atoms with E-state index in [-0.39, 0.29) is 0 Å². The van der Waals surface area contributed by atoms with Crippen molar-refractivity contribution >= 4 is 0 Å². The van der Waals surface area contributed by atoms with Gasteiger partial charge in [-0.1, -0.05) is 0 Å². The van der Waals surface area contributed by atoms with Crippen LogP contribution in [0.5, 0.6) is 0 Å². The van der Waals surface area contributed by atoms with Gasteiger partial charge in [-0.3, -0.25) is 0 Å². The fraction of sp³-hybridized carbons (Fsp3) is 1.00. The van der Waals surface area contributed by atoms with Crippen LogP contribution in [0.25, 0.3) is 0 Å². The van der Waals surface area contributed by atoms with Gasteiger partial charge in [-0.05, 0) is 19.4 Å². The van der Waals surface area contributed by atoms with Gasteiger partial charge in [0.25, 0.3) is 0 Å². The van der Waals surface area contributed by atoms with Crippen molar-refractivity contribution in [3.8, 4) is 0 Å². The zero-order valence-electron chi connectivity index (χ0n) is 4.35. The van der Waals surface area contributed by atoms with Gasteiger partial charge in [0, 0.05) is 0 Å². The number of rotatable bonds is 4. The maximum Gasteiger partial charge on any atom is 0.0596 e. The lowest BCUT2D eigenvalue weighted by Crippen LogP contribution is -1.98. The van der Waals surface area contributed by atoms with Crippen molar-refractivity contribution in [2.75, 3.05) is 13.1 Å². The third-order valence-electron chi connectivity index (χ3n) is 0.724. The molecule has 0 bridgehead atoms. The molecule has 0 aromatic rings. The Bertz CT molecular complexity index is 44.2. The molecule has 3 N–H and O–H groups in total. The molecular weight excluding hydrogens is 90.1 g/mol. The van der Waals surface area contributed by atoms with Crippen LogP contribution >= 0.6 is 0 Å². The molecule has 0 saturated heterocycles. The highest BCUT2D eigenvalue weighted by molar-refractivity contribution is 4.40. The molecule has 3 heteroatoms. The third-order valence-corrected chi connectivity index (χ3v) is 0.724. The van der Waals surface area contributed by atoms with Gasteiger partial charge in [-0.15, -0.1) is 0 Å². The molecule has 0 spiro atoms. The fourth-order valence-electron chi connectivity index (χ4n) is 0.335. The molecule has 3 nitrogen and oxygen atoms in total. The summed E-state index contributed by atoms with van der Waals surface area (Å²) in [6, 6.07) is 0. The minimum Gasteiger partial charge on any atom is -0.330 e. The summed E-state index contributed by atoms with van der Waals surface area (Å²) in [7, 11) is 0. The summed E-state index contributed by atoms with van der Waals surface area (Å²) in [6.45, 7) is 1.35. The second kappa shape index (κ2) is 5.56. The highest BCUT2D eigenvalue weighted by Gasteiger charge is 1.79. The van der Waals surface area contributed by atoms with Crippen molar-refractivity contribution < 1.29 is 0 Å². The molecule has 0 atom stereocenters. The van der Waals surface area contributed by atoms with Gasteiger partial charge in [-0.25, -0.2) is 5.53 Å². The smallest absolute Gasteiger partial charge is 0.0596 e. The van der Waals surface area contributed by atoms with Crippen LogP contribution in [-0.4, -0.2) is 13.1 Å². The first kappa shape index (κ1) is 6.56. The lowest BCUT2D eigenvalue weighted by molar-refractivity contribution is 0.726. The van der Waals surface area contributed by atoms with E-state index >= 15 is 0 Å². The molecular formula is C4H11N3. The van der Waals surface area contributed by atoms with Gasteiger partial charge in [0.05, 0.1) is 6.54 Å². The van der Waals surface area contributed by atoms with E-state index in [0.29, 0.717) is 6.54 Å². The fourth-order valence-corrected chi connectivity index (χ4v) is 0.335. The summed E-state index contributed by atoms with van der Waals surface area (Å²) < 4.78 is 0. The van der Waals surface area contributed by atoms with E-state index in [1.807, 2.05) is 0 Å². The maximum absolute atomic E-state index is 6.37. The normalized spacial score (nSPS) is 8.71. The summed E-state index contributed by atoms with van der Waals surface area (Å²) >= 11 is 0. The first-order chi connectivity index (χ1) is 3.41. The van der Waals surface area contributed by atoms with Crippen molar-refractivity contribution in [2.24, 2.45) is 10.8 Å². The molecule has 0 aliphatic heterocycles. The highest BCUT2D eigenvalue weighted by atomic mass is 14.9. The third kappa shape index (κ3) is 5.56. The topological polar surface area (TPSA) is 62.2 Å². The van der Waals surface area contributed by atoms with Crippen LogP contribution in [0.15, 0.2) is 5.11 Å². The Balaban J connectivity index is 2.56.